The molecular weight excluding hydrogens is 328 g/mol. The van der Waals surface area contributed by atoms with E-state index in [4.69, 9.17) is 0 Å². The van der Waals surface area contributed by atoms with Crippen LogP contribution in [0.4, 0.5) is 0 Å². The molecule has 3 rings (SSSR count). The van der Waals surface area contributed by atoms with Crippen LogP contribution in [0.25, 0.3) is 6.08 Å². The van der Waals surface area contributed by atoms with Crippen LogP contribution >= 0.6 is 0 Å². The Morgan fingerprint density at radius 1 is 1.23 bits per heavy atom. The molecule has 3 atom stereocenters. The molecule has 2 aliphatic rings. The fraction of sp³-hybridized carbons (Fsp3) is 0.524. The van der Waals surface area contributed by atoms with Gasteiger partial charge in [-0.3, -0.25) is 9.59 Å². The highest BCUT2D eigenvalue weighted by atomic mass is 16.3. The van der Waals surface area contributed by atoms with Crippen LogP contribution in [0.1, 0.15) is 50.2 Å². The molecule has 5 nitrogen and oxygen atoms in total. The summed E-state index contributed by atoms with van der Waals surface area (Å²) in [7, 11) is 0. The third kappa shape index (κ3) is 3.68. The molecule has 140 valence electrons. The predicted molar refractivity (Wildman–Crippen MR) is 101 cm³/mol. The van der Waals surface area contributed by atoms with Crippen LogP contribution in [0.5, 0.6) is 0 Å². The standard InChI is InChI=1S/C21H28N2O3/c1-3-5-14-6-8-15(9-7-14)20-17(12-22-21(26)16-10-11-16)23(18(20)13-24)19(25)4-2/h3,5-9,16-18,20,24H,4,10-13H2,1-2H3,(H,22,26)/b5-3+/t17-,18+,20+/m1/s1. The van der Waals surface area contributed by atoms with E-state index in [1.165, 1.54) is 0 Å². The second-order valence-electron chi connectivity index (χ2n) is 7.18. The maximum absolute atomic E-state index is 12.4. The lowest BCUT2D eigenvalue weighted by molar-refractivity contribution is -0.150. The molecule has 2 N–H and O–H groups in total. The summed E-state index contributed by atoms with van der Waals surface area (Å²) in [4.78, 5) is 26.2. The monoisotopic (exact) mass is 356 g/mol. The second kappa shape index (κ2) is 8.04. The van der Waals surface area contributed by atoms with Crippen molar-refractivity contribution in [3.63, 3.8) is 0 Å². The Hall–Kier alpha value is -2.14. The lowest BCUT2D eigenvalue weighted by Gasteiger charge is -2.55. The SMILES string of the molecule is C/C=C/c1ccc([C@H]2[C@@H](CNC(=O)C3CC3)N(C(=O)CC)[C@H]2CO)cc1. The summed E-state index contributed by atoms with van der Waals surface area (Å²) in [6.07, 6.45) is 6.35. The van der Waals surface area contributed by atoms with Crippen molar-refractivity contribution in [1.29, 1.82) is 0 Å². The molecule has 0 unspecified atom stereocenters. The first kappa shape index (κ1) is 18.6. The lowest BCUT2D eigenvalue weighted by Crippen LogP contribution is -2.68. The number of rotatable bonds is 7. The quantitative estimate of drug-likeness (QED) is 0.788. The molecule has 1 saturated carbocycles. The number of aliphatic hydroxyl groups excluding tert-OH is 1. The zero-order valence-electron chi connectivity index (χ0n) is 15.5. The summed E-state index contributed by atoms with van der Waals surface area (Å²) < 4.78 is 0. The molecule has 1 aromatic carbocycles. The predicted octanol–water partition coefficient (Wildman–Crippen LogP) is 2.31. The minimum Gasteiger partial charge on any atom is -0.394 e. The zero-order valence-corrected chi connectivity index (χ0v) is 15.5. The Kier molecular flexibility index (Phi) is 5.77. The number of hydrogen-bond acceptors (Lipinski definition) is 3. The Bertz CT molecular complexity index is 679. The van der Waals surface area contributed by atoms with Crippen LogP contribution in [-0.4, -0.2) is 47.1 Å². The Labute approximate surface area is 155 Å². The van der Waals surface area contributed by atoms with Crippen molar-refractivity contribution < 1.29 is 14.7 Å². The van der Waals surface area contributed by atoms with Gasteiger partial charge in [-0.2, -0.15) is 0 Å². The smallest absolute Gasteiger partial charge is 0.223 e. The van der Waals surface area contributed by atoms with E-state index >= 15 is 0 Å². The molecule has 0 radical (unpaired) electrons. The van der Waals surface area contributed by atoms with Gasteiger partial charge in [0.2, 0.25) is 11.8 Å². The zero-order chi connectivity index (χ0) is 18.7. The fourth-order valence-electron chi connectivity index (χ4n) is 3.89. The second-order valence-corrected chi connectivity index (χ2v) is 7.18. The van der Waals surface area contributed by atoms with Gasteiger partial charge < -0.3 is 15.3 Å². The summed E-state index contributed by atoms with van der Waals surface area (Å²) in [6, 6.07) is 7.90. The highest BCUT2D eigenvalue weighted by Gasteiger charge is 2.50. The fourth-order valence-corrected chi connectivity index (χ4v) is 3.89. The van der Waals surface area contributed by atoms with E-state index in [0.29, 0.717) is 13.0 Å². The molecule has 2 amide bonds. The van der Waals surface area contributed by atoms with Crippen LogP contribution < -0.4 is 5.32 Å². The molecule has 0 spiro atoms. The first-order valence-corrected chi connectivity index (χ1v) is 9.53. The van der Waals surface area contributed by atoms with Gasteiger partial charge in [-0.25, -0.2) is 0 Å². The maximum atomic E-state index is 12.4. The van der Waals surface area contributed by atoms with E-state index in [9.17, 15) is 14.7 Å². The molecule has 1 aliphatic heterocycles. The van der Waals surface area contributed by atoms with E-state index in [2.05, 4.69) is 17.4 Å². The maximum Gasteiger partial charge on any atom is 0.223 e. The van der Waals surface area contributed by atoms with Gasteiger partial charge in [0.05, 0.1) is 18.7 Å². The number of aliphatic hydroxyl groups is 1. The Morgan fingerprint density at radius 3 is 2.46 bits per heavy atom. The number of nitrogens with one attached hydrogen (secondary N) is 1. The molecule has 1 saturated heterocycles. The summed E-state index contributed by atoms with van der Waals surface area (Å²) in [6.45, 7) is 4.18. The number of carbonyl (C=O) groups excluding carboxylic acids is 2. The minimum atomic E-state index is -0.224. The largest absolute Gasteiger partial charge is 0.394 e. The number of amides is 2. The first-order valence-electron chi connectivity index (χ1n) is 9.53. The molecule has 26 heavy (non-hydrogen) atoms. The van der Waals surface area contributed by atoms with Gasteiger partial charge >= 0.3 is 0 Å². The highest BCUT2D eigenvalue weighted by Crippen LogP contribution is 2.41. The van der Waals surface area contributed by atoms with Crippen LogP contribution in [0.15, 0.2) is 30.3 Å². The van der Waals surface area contributed by atoms with Crippen LogP contribution in [-0.2, 0) is 9.59 Å². The van der Waals surface area contributed by atoms with Gasteiger partial charge in [0.15, 0.2) is 0 Å². The van der Waals surface area contributed by atoms with Crippen LogP contribution in [0, 0.1) is 5.92 Å². The Balaban J connectivity index is 1.78. The number of carbonyl (C=O) groups is 2. The van der Waals surface area contributed by atoms with Gasteiger partial charge in [0, 0.05) is 24.8 Å². The number of nitrogens with zero attached hydrogens (tertiary/aromatic N) is 1. The van der Waals surface area contributed by atoms with Crippen molar-refractivity contribution in [3.8, 4) is 0 Å². The summed E-state index contributed by atoms with van der Waals surface area (Å²) >= 11 is 0. The van der Waals surface area contributed by atoms with E-state index in [1.54, 1.807) is 4.90 Å². The average molecular weight is 356 g/mol. The first-order chi connectivity index (χ1) is 12.6. The molecule has 1 aliphatic carbocycles. The summed E-state index contributed by atoms with van der Waals surface area (Å²) in [5, 5.41) is 12.9. The van der Waals surface area contributed by atoms with Gasteiger partial charge in [-0.05, 0) is 30.9 Å². The van der Waals surface area contributed by atoms with Gasteiger partial charge in [-0.15, -0.1) is 0 Å². The molecule has 1 aromatic rings. The molecule has 5 heteroatoms. The van der Waals surface area contributed by atoms with Crippen LogP contribution in [0.2, 0.25) is 0 Å². The summed E-state index contributed by atoms with van der Waals surface area (Å²) in [5.41, 5.74) is 2.22. The average Bonchev–Trinajstić information content (AvgIpc) is 3.47. The highest BCUT2D eigenvalue weighted by molar-refractivity contribution is 5.81. The normalized spacial score (nSPS) is 25.2. The number of allylic oxidation sites excluding steroid dienone is 1. The van der Waals surface area contributed by atoms with Crippen molar-refractivity contribution in [1.82, 2.24) is 10.2 Å². The molecule has 0 aromatic heterocycles. The van der Waals surface area contributed by atoms with Crippen molar-refractivity contribution in [2.75, 3.05) is 13.2 Å². The summed E-state index contributed by atoms with van der Waals surface area (Å²) in [5.74, 6) is 0.298. The number of hydrogen-bond donors (Lipinski definition) is 2. The van der Waals surface area contributed by atoms with Crippen LogP contribution in [0.3, 0.4) is 0 Å². The van der Waals surface area contributed by atoms with Gasteiger partial charge in [0.25, 0.3) is 0 Å². The Morgan fingerprint density at radius 2 is 1.92 bits per heavy atom. The topological polar surface area (TPSA) is 69.6 Å². The van der Waals surface area contributed by atoms with Crippen molar-refractivity contribution in [3.05, 3.63) is 41.5 Å². The third-order valence-electron chi connectivity index (χ3n) is 5.44. The third-order valence-corrected chi connectivity index (χ3v) is 5.44. The minimum absolute atomic E-state index is 0.0245. The van der Waals surface area contributed by atoms with Crippen molar-refractivity contribution in [2.45, 2.75) is 51.1 Å². The van der Waals surface area contributed by atoms with Crippen molar-refractivity contribution in [2.24, 2.45) is 5.92 Å². The van der Waals surface area contributed by atoms with E-state index in [0.717, 1.165) is 24.0 Å². The molecular formula is C21H28N2O3. The molecule has 2 fully saturated rings. The molecule has 1 heterocycles. The van der Waals surface area contributed by atoms with E-state index < -0.39 is 0 Å². The van der Waals surface area contributed by atoms with Gasteiger partial charge in [0.1, 0.15) is 0 Å². The lowest BCUT2D eigenvalue weighted by atomic mass is 9.74. The van der Waals surface area contributed by atoms with E-state index in [1.807, 2.05) is 38.1 Å². The number of likely N-dealkylation sites (tertiary alicyclic amines) is 1. The number of benzene rings is 1. The van der Waals surface area contributed by atoms with Gasteiger partial charge in [-0.1, -0.05) is 43.3 Å². The van der Waals surface area contributed by atoms with E-state index in [-0.39, 0.29) is 42.3 Å². The molecule has 0 bridgehead atoms. The van der Waals surface area contributed by atoms with Crippen molar-refractivity contribution >= 4 is 17.9 Å².